The molecule has 4 heteroatoms. The summed E-state index contributed by atoms with van der Waals surface area (Å²) >= 11 is 0. The van der Waals surface area contributed by atoms with Gasteiger partial charge in [-0.15, -0.1) is 0 Å². The van der Waals surface area contributed by atoms with Crippen molar-refractivity contribution in [3.63, 3.8) is 0 Å². The molecule has 0 aromatic rings. The maximum Gasteiger partial charge on any atom is 0.307 e. The van der Waals surface area contributed by atoms with E-state index in [1.807, 2.05) is 7.05 Å². The summed E-state index contributed by atoms with van der Waals surface area (Å²) in [7, 11) is 1.82. The van der Waals surface area contributed by atoms with Gasteiger partial charge in [0.25, 0.3) is 0 Å². The third-order valence-electron chi connectivity index (χ3n) is 2.14. The second-order valence-corrected chi connectivity index (χ2v) is 3.10. The predicted octanol–water partition coefficient (Wildman–Crippen LogP) is 0.481. The van der Waals surface area contributed by atoms with Gasteiger partial charge >= 0.3 is 5.97 Å². The summed E-state index contributed by atoms with van der Waals surface area (Å²) in [6, 6.07) is 0. The summed E-state index contributed by atoms with van der Waals surface area (Å²) in [6.07, 6.45) is 0.453. The van der Waals surface area contributed by atoms with Crippen LogP contribution in [0.15, 0.2) is 0 Å². The summed E-state index contributed by atoms with van der Waals surface area (Å²) in [4.78, 5) is 13.3. The number of esters is 1. The number of carbonyl (C=O) groups excluding carboxylic acids is 1. The van der Waals surface area contributed by atoms with E-state index in [1.165, 1.54) is 0 Å². The van der Waals surface area contributed by atoms with Gasteiger partial charge < -0.3 is 15.0 Å². The Bertz CT molecular complexity index is 147. The van der Waals surface area contributed by atoms with Gasteiger partial charge in [0.15, 0.2) is 0 Å². The van der Waals surface area contributed by atoms with Gasteiger partial charge in [0.05, 0.1) is 6.42 Å². The summed E-state index contributed by atoms with van der Waals surface area (Å²) in [6.45, 7) is 8.24. The van der Waals surface area contributed by atoms with Gasteiger partial charge in [0.1, 0.15) is 6.61 Å². The molecule has 0 amide bonds. The average molecular weight is 202 g/mol. The first-order valence-corrected chi connectivity index (χ1v) is 5.27. The van der Waals surface area contributed by atoms with Crippen molar-refractivity contribution in [1.82, 2.24) is 10.2 Å². The number of hydrogen-bond acceptors (Lipinski definition) is 4. The molecular formula is C10H22N2O2. The van der Waals surface area contributed by atoms with Crippen LogP contribution in [0, 0.1) is 0 Å². The van der Waals surface area contributed by atoms with Crippen LogP contribution in [0.5, 0.6) is 0 Å². The Balaban J connectivity index is 3.38. The van der Waals surface area contributed by atoms with Gasteiger partial charge in [0.2, 0.25) is 0 Å². The third kappa shape index (κ3) is 6.86. The Hall–Kier alpha value is -0.610. The van der Waals surface area contributed by atoms with E-state index >= 15 is 0 Å². The second kappa shape index (κ2) is 8.97. The lowest BCUT2D eigenvalue weighted by atomic mass is 10.4. The molecule has 0 fully saturated rings. The number of ether oxygens (including phenoxy) is 1. The first-order chi connectivity index (χ1) is 6.74. The summed E-state index contributed by atoms with van der Waals surface area (Å²) in [5, 5.41) is 2.91. The molecule has 14 heavy (non-hydrogen) atoms. The molecule has 0 radical (unpaired) electrons. The van der Waals surface area contributed by atoms with E-state index in [1.54, 1.807) is 0 Å². The van der Waals surface area contributed by atoms with Crippen LogP contribution in [-0.2, 0) is 9.53 Å². The van der Waals surface area contributed by atoms with Crippen LogP contribution in [0.2, 0.25) is 0 Å². The van der Waals surface area contributed by atoms with Gasteiger partial charge in [-0.3, -0.25) is 4.79 Å². The number of hydrogen-bond donors (Lipinski definition) is 1. The lowest BCUT2D eigenvalue weighted by Crippen LogP contribution is -2.28. The molecule has 1 N–H and O–H groups in total. The molecular weight excluding hydrogens is 180 g/mol. The number of rotatable bonds is 8. The van der Waals surface area contributed by atoms with Crippen molar-refractivity contribution in [3.05, 3.63) is 0 Å². The largest absolute Gasteiger partial charge is 0.464 e. The molecule has 0 aliphatic rings. The average Bonchev–Trinajstić information content (AvgIpc) is 2.21. The van der Waals surface area contributed by atoms with E-state index < -0.39 is 0 Å². The quantitative estimate of drug-likeness (QED) is 0.581. The monoisotopic (exact) mass is 202 g/mol. The minimum atomic E-state index is -0.119. The molecule has 0 saturated carbocycles. The highest BCUT2D eigenvalue weighted by Gasteiger charge is 2.03. The summed E-state index contributed by atoms with van der Waals surface area (Å²) < 4.78 is 5.06. The van der Waals surface area contributed by atoms with Crippen molar-refractivity contribution in [2.24, 2.45) is 0 Å². The van der Waals surface area contributed by atoms with Crippen LogP contribution < -0.4 is 5.32 Å². The van der Waals surface area contributed by atoms with Crippen molar-refractivity contribution in [3.8, 4) is 0 Å². The van der Waals surface area contributed by atoms with Crippen LogP contribution in [0.3, 0.4) is 0 Å². The molecule has 0 spiro atoms. The number of nitrogens with one attached hydrogen (secondary N) is 1. The molecule has 0 heterocycles. The third-order valence-corrected chi connectivity index (χ3v) is 2.14. The van der Waals surface area contributed by atoms with Crippen molar-refractivity contribution < 1.29 is 9.53 Å². The zero-order valence-corrected chi connectivity index (χ0v) is 9.51. The minimum absolute atomic E-state index is 0.119. The standard InChI is InChI=1S/C10H22N2O2/c1-4-12(5-2)8-9-14-10(13)6-7-11-3/h11H,4-9H2,1-3H3. The number of nitrogens with zero attached hydrogens (tertiary/aromatic N) is 1. The van der Waals surface area contributed by atoms with Gasteiger partial charge in [-0.2, -0.15) is 0 Å². The van der Waals surface area contributed by atoms with Gasteiger partial charge in [0, 0.05) is 13.1 Å². The molecule has 0 atom stereocenters. The molecule has 0 aliphatic carbocycles. The van der Waals surface area contributed by atoms with Crippen LogP contribution >= 0.6 is 0 Å². The molecule has 4 nitrogen and oxygen atoms in total. The van der Waals surface area contributed by atoms with E-state index in [9.17, 15) is 4.79 Å². The van der Waals surface area contributed by atoms with Gasteiger partial charge in [-0.25, -0.2) is 0 Å². The topological polar surface area (TPSA) is 41.6 Å². The van der Waals surface area contributed by atoms with E-state index in [4.69, 9.17) is 4.74 Å². The molecule has 0 aliphatic heterocycles. The molecule has 0 unspecified atom stereocenters. The lowest BCUT2D eigenvalue weighted by molar-refractivity contribution is -0.143. The van der Waals surface area contributed by atoms with Crippen molar-refractivity contribution in [1.29, 1.82) is 0 Å². The maximum atomic E-state index is 11.1. The van der Waals surface area contributed by atoms with Crippen molar-refractivity contribution >= 4 is 5.97 Å². The minimum Gasteiger partial charge on any atom is -0.464 e. The highest BCUT2D eigenvalue weighted by atomic mass is 16.5. The number of carbonyl (C=O) groups is 1. The highest BCUT2D eigenvalue weighted by molar-refractivity contribution is 5.69. The SMILES string of the molecule is CCN(CC)CCOC(=O)CCNC. The molecule has 0 rings (SSSR count). The van der Waals surface area contributed by atoms with E-state index in [0.717, 1.165) is 19.6 Å². The Morgan fingerprint density at radius 3 is 2.50 bits per heavy atom. The van der Waals surface area contributed by atoms with Crippen LogP contribution in [-0.4, -0.2) is 50.7 Å². The Labute approximate surface area is 86.6 Å². The van der Waals surface area contributed by atoms with Crippen LogP contribution in [0.25, 0.3) is 0 Å². The summed E-state index contributed by atoms with van der Waals surface area (Å²) in [5.41, 5.74) is 0. The summed E-state index contributed by atoms with van der Waals surface area (Å²) in [5.74, 6) is -0.119. The van der Waals surface area contributed by atoms with Crippen LogP contribution in [0.4, 0.5) is 0 Å². The fourth-order valence-corrected chi connectivity index (χ4v) is 1.13. The molecule has 0 aromatic heterocycles. The Kier molecular flexibility index (Phi) is 8.57. The highest BCUT2D eigenvalue weighted by Crippen LogP contribution is 1.89. The Morgan fingerprint density at radius 1 is 1.36 bits per heavy atom. The fourth-order valence-electron chi connectivity index (χ4n) is 1.13. The lowest BCUT2D eigenvalue weighted by Gasteiger charge is -2.17. The smallest absolute Gasteiger partial charge is 0.307 e. The van der Waals surface area contributed by atoms with Gasteiger partial charge in [-0.05, 0) is 20.1 Å². The maximum absolute atomic E-state index is 11.1. The fraction of sp³-hybridized carbons (Fsp3) is 0.900. The first-order valence-electron chi connectivity index (χ1n) is 5.27. The second-order valence-electron chi connectivity index (χ2n) is 3.10. The number of likely N-dealkylation sites (N-methyl/N-ethyl adjacent to an activating group) is 1. The molecule has 0 bridgehead atoms. The van der Waals surface area contributed by atoms with E-state index in [2.05, 4.69) is 24.1 Å². The zero-order valence-electron chi connectivity index (χ0n) is 9.51. The molecule has 0 saturated heterocycles. The first kappa shape index (κ1) is 13.4. The predicted molar refractivity (Wildman–Crippen MR) is 57.3 cm³/mol. The normalized spacial score (nSPS) is 10.6. The van der Waals surface area contributed by atoms with E-state index in [0.29, 0.717) is 19.6 Å². The van der Waals surface area contributed by atoms with Crippen LogP contribution in [0.1, 0.15) is 20.3 Å². The molecule has 0 aromatic carbocycles. The molecule has 84 valence electrons. The van der Waals surface area contributed by atoms with Gasteiger partial charge in [-0.1, -0.05) is 13.8 Å². The Morgan fingerprint density at radius 2 is 2.00 bits per heavy atom. The van der Waals surface area contributed by atoms with Crippen molar-refractivity contribution in [2.45, 2.75) is 20.3 Å². The zero-order chi connectivity index (χ0) is 10.8. The van der Waals surface area contributed by atoms with Crippen molar-refractivity contribution in [2.75, 3.05) is 39.8 Å². The van der Waals surface area contributed by atoms with E-state index in [-0.39, 0.29) is 5.97 Å².